The first-order valence-electron chi connectivity index (χ1n) is 7.33. The van der Waals surface area contributed by atoms with Gasteiger partial charge in [0.1, 0.15) is 5.56 Å². The molecule has 1 aromatic carbocycles. The van der Waals surface area contributed by atoms with Crippen LogP contribution in [0.25, 0.3) is 5.57 Å². The van der Waals surface area contributed by atoms with E-state index < -0.39 is 0 Å². The summed E-state index contributed by atoms with van der Waals surface area (Å²) in [5.41, 5.74) is 2.26. The molecule has 0 radical (unpaired) electrons. The van der Waals surface area contributed by atoms with Gasteiger partial charge < -0.3 is 15.2 Å². The number of hydrogen-bond acceptors (Lipinski definition) is 3. The fraction of sp³-hybridized carbons (Fsp3) is 0.111. The van der Waals surface area contributed by atoms with Crippen LogP contribution >= 0.6 is 0 Å². The van der Waals surface area contributed by atoms with Crippen LogP contribution in [0.15, 0.2) is 65.7 Å². The lowest BCUT2D eigenvalue weighted by Crippen LogP contribution is -2.31. The number of aromatic amines is 1. The van der Waals surface area contributed by atoms with Crippen LogP contribution in [0.4, 0.5) is 5.69 Å². The molecule has 1 aromatic heterocycles. The van der Waals surface area contributed by atoms with Gasteiger partial charge in [-0.2, -0.15) is 0 Å². The van der Waals surface area contributed by atoms with E-state index >= 15 is 0 Å². The second kappa shape index (κ2) is 6.36. The van der Waals surface area contributed by atoms with Gasteiger partial charge in [-0.1, -0.05) is 24.3 Å². The fourth-order valence-electron chi connectivity index (χ4n) is 2.43. The van der Waals surface area contributed by atoms with E-state index in [1.165, 1.54) is 4.90 Å². The number of pyridine rings is 1. The maximum Gasteiger partial charge on any atom is 0.263 e. The van der Waals surface area contributed by atoms with Gasteiger partial charge in [0.25, 0.3) is 11.5 Å². The number of nitrogens with one attached hydrogen (secondary N) is 2. The highest BCUT2D eigenvalue weighted by molar-refractivity contribution is 6.05. The van der Waals surface area contributed by atoms with Crippen molar-refractivity contribution in [1.29, 1.82) is 0 Å². The molecule has 0 aliphatic carbocycles. The van der Waals surface area contributed by atoms with Crippen molar-refractivity contribution in [2.75, 3.05) is 18.5 Å². The molecular formula is C18H17N3O2. The molecule has 5 heteroatoms. The molecule has 116 valence electrons. The SMILES string of the molecule is CN(C(=O)c1cc(C2=CCNC=C2)c[nH]c1=O)c1ccccc1. The Morgan fingerprint density at radius 3 is 2.70 bits per heavy atom. The van der Waals surface area contributed by atoms with Gasteiger partial charge in [0.2, 0.25) is 0 Å². The van der Waals surface area contributed by atoms with Crippen LogP contribution in [0.3, 0.4) is 0 Å². The molecule has 0 fully saturated rings. The van der Waals surface area contributed by atoms with E-state index in [0.717, 1.165) is 23.4 Å². The highest BCUT2D eigenvalue weighted by Gasteiger charge is 2.18. The van der Waals surface area contributed by atoms with Crippen molar-refractivity contribution in [2.24, 2.45) is 0 Å². The molecule has 5 nitrogen and oxygen atoms in total. The monoisotopic (exact) mass is 307 g/mol. The fourth-order valence-corrected chi connectivity index (χ4v) is 2.43. The van der Waals surface area contributed by atoms with E-state index in [1.807, 2.05) is 48.7 Å². The maximum atomic E-state index is 12.7. The standard InChI is InChI=1S/C18H17N3O2/c1-21(15-5-3-2-4-6-15)18(23)16-11-14(12-20-17(16)22)13-7-9-19-10-8-13/h2-9,11-12,19H,10H2,1H3,(H,20,22). The topological polar surface area (TPSA) is 65.2 Å². The lowest BCUT2D eigenvalue weighted by Gasteiger charge is -2.17. The molecule has 2 heterocycles. The maximum absolute atomic E-state index is 12.7. The van der Waals surface area contributed by atoms with Gasteiger partial charge in [-0.3, -0.25) is 9.59 Å². The quantitative estimate of drug-likeness (QED) is 0.913. The summed E-state index contributed by atoms with van der Waals surface area (Å²) in [6.07, 6.45) is 7.39. The van der Waals surface area contributed by atoms with E-state index in [4.69, 9.17) is 0 Å². The molecule has 0 bridgehead atoms. The van der Waals surface area contributed by atoms with E-state index in [2.05, 4.69) is 10.3 Å². The Balaban J connectivity index is 1.96. The highest BCUT2D eigenvalue weighted by Crippen LogP contribution is 2.18. The first-order valence-corrected chi connectivity index (χ1v) is 7.33. The average molecular weight is 307 g/mol. The molecule has 0 unspecified atom stereocenters. The molecule has 1 amide bonds. The third-order valence-corrected chi connectivity index (χ3v) is 3.74. The van der Waals surface area contributed by atoms with Crippen molar-refractivity contribution < 1.29 is 4.79 Å². The third-order valence-electron chi connectivity index (χ3n) is 3.74. The Hall–Kier alpha value is -3.08. The second-order valence-electron chi connectivity index (χ2n) is 5.23. The Kier molecular flexibility index (Phi) is 4.10. The normalized spacial score (nSPS) is 13.2. The third kappa shape index (κ3) is 3.08. The Morgan fingerprint density at radius 1 is 1.22 bits per heavy atom. The second-order valence-corrected chi connectivity index (χ2v) is 5.23. The summed E-state index contributed by atoms with van der Waals surface area (Å²) in [5.74, 6) is -0.335. The average Bonchev–Trinajstić information content (AvgIpc) is 2.62. The number of hydrogen-bond donors (Lipinski definition) is 2. The molecule has 0 atom stereocenters. The molecule has 23 heavy (non-hydrogen) atoms. The van der Waals surface area contributed by atoms with Gasteiger partial charge in [-0.25, -0.2) is 0 Å². The Labute approximate surface area is 134 Å². The van der Waals surface area contributed by atoms with E-state index in [-0.39, 0.29) is 17.0 Å². The van der Waals surface area contributed by atoms with Crippen LogP contribution in [-0.2, 0) is 0 Å². The number of dihydropyridines is 1. The number of H-pyrrole nitrogens is 1. The highest BCUT2D eigenvalue weighted by atomic mass is 16.2. The van der Waals surface area contributed by atoms with Gasteiger partial charge >= 0.3 is 0 Å². The van der Waals surface area contributed by atoms with E-state index in [1.54, 1.807) is 19.3 Å². The van der Waals surface area contributed by atoms with Crippen molar-refractivity contribution in [1.82, 2.24) is 10.3 Å². The summed E-state index contributed by atoms with van der Waals surface area (Å²) in [6.45, 7) is 0.720. The van der Waals surface area contributed by atoms with Crippen LogP contribution in [0.1, 0.15) is 15.9 Å². The summed E-state index contributed by atoms with van der Waals surface area (Å²) in [5, 5.41) is 3.07. The number of amides is 1. The van der Waals surface area contributed by atoms with Crippen LogP contribution < -0.4 is 15.8 Å². The smallest absolute Gasteiger partial charge is 0.263 e. The van der Waals surface area contributed by atoms with Crippen LogP contribution in [0, 0.1) is 0 Å². The van der Waals surface area contributed by atoms with Crippen molar-refractivity contribution in [3.8, 4) is 0 Å². The number of carbonyl (C=O) groups excluding carboxylic acids is 1. The lowest BCUT2D eigenvalue weighted by atomic mass is 10.0. The minimum Gasteiger partial charge on any atom is -0.387 e. The van der Waals surface area contributed by atoms with Crippen molar-refractivity contribution in [3.05, 3.63) is 82.4 Å². The van der Waals surface area contributed by atoms with Crippen LogP contribution in [0.5, 0.6) is 0 Å². The van der Waals surface area contributed by atoms with Crippen LogP contribution in [-0.4, -0.2) is 24.5 Å². The molecule has 0 spiro atoms. The van der Waals surface area contributed by atoms with E-state index in [9.17, 15) is 9.59 Å². The van der Waals surface area contributed by atoms with Gasteiger partial charge in [0, 0.05) is 25.5 Å². The molecule has 1 aliphatic heterocycles. The molecular weight excluding hydrogens is 290 g/mol. The zero-order valence-electron chi connectivity index (χ0n) is 12.7. The zero-order chi connectivity index (χ0) is 16.2. The number of benzene rings is 1. The minimum absolute atomic E-state index is 0.127. The molecule has 0 saturated carbocycles. The zero-order valence-corrected chi connectivity index (χ0v) is 12.7. The van der Waals surface area contributed by atoms with Crippen molar-refractivity contribution in [3.63, 3.8) is 0 Å². The number of nitrogens with zero attached hydrogens (tertiary/aromatic N) is 1. The largest absolute Gasteiger partial charge is 0.387 e. The first kappa shape index (κ1) is 14.8. The minimum atomic E-state index is -0.389. The molecule has 2 aromatic rings. The van der Waals surface area contributed by atoms with Gasteiger partial charge in [-0.15, -0.1) is 0 Å². The molecule has 3 rings (SSSR count). The molecule has 1 aliphatic rings. The molecule has 2 N–H and O–H groups in total. The number of carbonyl (C=O) groups is 1. The summed E-state index contributed by atoms with van der Waals surface area (Å²) in [7, 11) is 1.66. The number of aromatic nitrogens is 1. The number of allylic oxidation sites excluding steroid dienone is 2. The van der Waals surface area contributed by atoms with E-state index in [0.29, 0.717) is 0 Å². The number of rotatable bonds is 3. The molecule has 0 saturated heterocycles. The first-order chi connectivity index (χ1) is 11.2. The van der Waals surface area contributed by atoms with Gasteiger partial charge in [0.05, 0.1) is 0 Å². The van der Waals surface area contributed by atoms with Gasteiger partial charge in [0.15, 0.2) is 0 Å². The summed E-state index contributed by atoms with van der Waals surface area (Å²) >= 11 is 0. The Bertz CT molecular complexity index is 835. The van der Waals surface area contributed by atoms with Crippen molar-refractivity contribution in [2.45, 2.75) is 0 Å². The van der Waals surface area contributed by atoms with Crippen LogP contribution in [0.2, 0.25) is 0 Å². The van der Waals surface area contributed by atoms with Gasteiger partial charge in [-0.05, 0) is 41.6 Å². The Morgan fingerprint density at radius 2 is 2.00 bits per heavy atom. The predicted molar refractivity (Wildman–Crippen MR) is 91.4 cm³/mol. The number of para-hydroxylation sites is 1. The predicted octanol–water partition coefficient (Wildman–Crippen LogP) is 2.15. The summed E-state index contributed by atoms with van der Waals surface area (Å²) in [6, 6.07) is 10.9. The number of anilines is 1. The summed E-state index contributed by atoms with van der Waals surface area (Å²) in [4.78, 5) is 28.9. The summed E-state index contributed by atoms with van der Waals surface area (Å²) < 4.78 is 0. The lowest BCUT2D eigenvalue weighted by molar-refractivity contribution is 0.0991. The van der Waals surface area contributed by atoms with Crippen molar-refractivity contribution >= 4 is 17.2 Å².